The summed E-state index contributed by atoms with van der Waals surface area (Å²) in [7, 11) is 0. The minimum Gasteiger partial charge on any atom is -0.422 e. The van der Waals surface area contributed by atoms with E-state index in [0.29, 0.717) is 11.0 Å². The highest BCUT2D eigenvalue weighted by Gasteiger charge is 2.15. The predicted octanol–water partition coefficient (Wildman–Crippen LogP) is 9.69. The molecule has 41 heavy (non-hydrogen) atoms. The molecule has 8 aromatic rings. The molecule has 0 bridgehead atoms. The van der Waals surface area contributed by atoms with Crippen LogP contribution in [0.15, 0.2) is 143 Å². The maximum atomic E-state index is 12.8. The molecule has 2 heterocycles. The number of para-hydroxylation sites is 3. The van der Waals surface area contributed by atoms with Crippen molar-refractivity contribution in [3.05, 3.63) is 149 Å². The Balaban J connectivity index is 1.30. The maximum absolute atomic E-state index is 12.8. The maximum Gasteiger partial charge on any atom is 0.344 e. The molecule has 0 saturated heterocycles. The van der Waals surface area contributed by atoms with Crippen molar-refractivity contribution in [2.45, 2.75) is 6.92 Å². The average molecular weight is 528 g/mol. The van der Waals surface area contributed by atoms with Crippen LogP contribution >= 0.6 is 0 Å². The number of fused-ring (bicyclic) bond motifs is 6. The Bertz CT molecular complexity index is 2340. The molecule has 0 unspecified atom stereocenters. The van der Waals surface area contributed by atoms with Crippen molar-refractivity contribution in [3.63, 3.8) is 0 Å². The van der Waals surface area contributed by atoms with Crippen LogP contribution in [0.25, 0.3) is 71.5 Å². The summed E-state index contributed by atoms with van der Waals surface area (Å²) < 4.78 is 7.93. The lowest BCUT2D eigenvalue weighted by Crippen LogP contribution is -2.01. The summed E-state index contributed by atoms with van der Waals surface area (Å²) in [4.78, 5) is 12.8. The fraction of sp³-hybridized carbons (Fsp3) is 0.0263. The first-order chi connectivity index (χ1) is 20.2. The summed E-state index contributed by atoms with van der Waals surface area (Å²) in [6, 6.07) is 46.4. The number of aryl methyl sites for hydroxylation is 1. The van der Waals surface area contributed by atoms with Gasteiger partial charge in [0.15, 0.2) is 0 Å². The molecule has 0 atom stereocenters. The molecule has 194 valence electrons. The van der Waals surface area contributed by atoms with Crippen molar-refractivity contribution in [1.29, 1.82) is 0 Å². The standard InChI is InChI=1S/C38H25NO2/c1-24-20-34-32(30-15-6-8-17-37(30)41-38(34)40)23-31(24)27-11-9-10-25(21-27)26-18-19-36-33(22-26)29-14-5-7-16-35(29)39(36)28-12-3-2-4-13-28/h2-23H,1H3. The third-order valence-electron chi connectivity index (χ3n) is 8.16. The number of hydrogen-bond donors (Lipinski definition) is 0. The van der Waals surface area contributed by atoms with Crippen LogP contribution in [0.3, 0.4) is 0 Å². The summed E-state index contributed by atoms with van der Waals surface area (Å²) in [5.74, 6) is 0. The van der Waals surface area contributed by atoms with Crippen LogP contribution in [-0.2, 0) is 0 Å². The number of aromatic nitrogens is 1. The van der Waals surface area contributed by atoms with Gasteiger partial charge in [-0.25, -0.2) is 4.79 Å². The molecule has 0 fully saturated rings. The van der Waals surface area contributed by atoms with Gasteiger partial charge in [0.1, 0.15) is 5.58 Å². The van der Waals surface area contributed by atoms with Crippen molar-refractivity contribution < 1.29 is 4.42 Å². The molecule has 6 aromatic carbocycles. The molecule has 3 heteroatoms. The Morgan fingerprint density at radius 1 is 0.512 bits per heavy atom. The van der Waals surface area contributed by atoms with Crippen LogP contribution in [0, 0.1) is 6.92 Å². The van der Waals surface area contributed by atoms with Crippen LogP contribution in [0.5, 0.6) is 0 Å². The molecule has 0 aliphatic carbocycles. The van der Waals surface area contributed by atoms with E-state index >= 15 is 0 Å². The molecule has 0 amide bonds. The lowest BCUT2D eigenvalue weighted by atomic mass is 9.93. The van der Waals surface area contributed by atoms with Gasteiger partial charge in [-0.3, -0.25) is 0 Å². The molecule has 0 aliphatic heterocycles. The van der Waals surface area contributed by atoms with Crippen LogP contribution in [0.2, 0.25) is 0 Å². The first-order valence-corrected chi connectivity index (χ1v) is 13.8. The van der Waals surface area contributed by atoms with E-state index in [1.54, 1.807) is 0 Å². The van der Waals surface area contributed by atoms with Gasteiger partial charge in [0.2, 0.25) is 0 Å². The topological polar surface area (TPSA) is 35.1 Å². The lowest BCUT2D eigenvalue weighted by molar-refractivity contribution is 0.569. The molecule has 0 N–H and O–H groups in total. The van der Waals surface area contributed by atoms with E-state index in [0.717, 1.165) is 38.7 Å². The second kappa shape index (κ2) is 9.07. The van der Waals surface area contributed by atoms with Crippen molar-refractivity contribution in [2.75, 3.05) is 0 Å². The van der Waals surface area contributed by atoms with Crippen molar-refractivity contribution in [2.24, 2.45) is 0 Å². The Morgan fingerprint density at radius 3 is 2.10 bits per heavy atom. The minimum atomic E-state index is -0.301. The highest BCUT2D eigenvalue weighted by atomic mass is 16.4. The van der Waals surface area contributed by atoms with Crippen molar-refractivity contribution >= 4 is 43.5 Å². The third-order valence-corrected chi connectivity index (χ3v) is 8.16. The lowest BCUT2D eigenvalue weighted by Gasteiger charge is -2.12. The Labute approximate surface area is 236 Å². The largest absolute Gasteiger partial charge is 0.422 e. The minimum absolute atomic E-state index is 0.301. The Morgan fingerprint density at radius 2 is 1.22 bits per heavy atom. The van der Waals surface area contributed by atoms with Crippen LogP contribution in [-0.4, -0.2) is 4.57 Å². The zero-order valence-electron chi connectivity index (χ0n) is 22.5. The van der Waals surface area contributed by atoms with Gasteiger partial charge in [-0.05, 0) is 89.3 Å². The number of hydrogen-bond acceptors (Lipinski definition) is 2. The predicted molar refractivity (Wildman–Crippen MR) is 170 cm³/mol. The third kappa shape index (κ3) is 3.70. The Hall–Kier alpha value is -5.41. The first kappa shape index (κ1) is 23.5. The summed E-state index contributed by atoms with van der Waals surface area (Å²) >= 11 is 0. The molecule has 0 radical (unpaired) electrons. The van der Waals surface area contributed by atoms with Gasteiger partial charge < -0.3 is 8.98 Å². The van der Waals surface area contributed by atoms with Gasteiger partial charge in [-0.2, -0.15) is 0 Å². The molecule has 8 rings (SSSR count). The normalized spacial score (nSPS) is 11.6. The van der Waals surface area contributed by atoms with E-state index in [-0.39, 0.29) is 5.63 Å². The van der Waals surface area contributed by atoms with E-state index in [2.05, 4.69) is 115 Å². The van der Waals surface area contributed by atoms with Crippen LogP contribution in [0.4, 0.5) is 0 Å². The average Bonchev–Trinajstić information content (AvgIpc) is 3.35. The van der Waals surface area contributed by atoms with Gasteiger partial charge in [0, 0.05) is 27.2 Å². The van der Waals surface area contributed by atoms with Gasteiger partial charge >= 0.3 is 5.63 Å². The van der Waals surface area contributed by atoms with Gasteiger partial charge in [-0.1, -0.05) is 78.9 Å². The van der Waals surface area contributed by atoms with E-state index in [1.165, 1.54) is 27.4 Å². The second-order valence-corrected chi connectivity index (χ2v) is 10.6. The zero-order chi connectivity index (χ0) is 27.5. The highest BCUT2D eigenvalue weighted by Crippen LogP contribution is 2.37. The highest BCUT2D eigenvalue weighted by molar-refractivity contribution is 6.10. The van der Waals surface area contributed by atoms with Crippen molar-refractivity contribution in [1.82, 2.24) is 4.57 Å². The van der Waals surface area contributed by atoms with Gasteiger partial charge in [-0.15, -0.1) is 0 Å². The quantitative estimate of drug-likeness (QED) is 0.169. The van der Waals surface area contributed by atoms with E-state index in [4.69, 9.17) is 4.42 Å². The molecule has 2 aromatic heterocycles. The number of benzene rings is 6. The van der Waals surface area contributed by atoms with E-state index < -0.39 is 0 Å². The zero-order valence-corrected chi connectivity index (χ0v) is 22.5. The summed E-state index contributed by atoms with van der Waals surface area (Å²) in [6.45, 7) is 2.06. The van der Waals surface area contributed by atoms with Gasteiger partial charge in [0.05, 0.1) is 16.4 Å². The first-order valence-electron chi connectivity index (χ1n) is 13.8. The molecule has 0 aliphatic rings. The number of rotatable bonds is 3. The molecule has 0 saturated carbocycles. The monoisotopic (exact) mass is 527 g/mol. The van der Waals surface area contributed by atoms with Gasteiger partial charge in [0.25, 0.3) is 0 Å². The molecular formula is C38H25NO2. The van der Waals surface area contributed by atoms with E-state index in [9.17, 15) is 4.79 Å². The summed E-state index contributed by atoms with van der Waals surface area (Å²) in [5.41, 5.74) is 9.43. The fourth-order valence-electron chi connectivity index (χ4n) is 6.22. The summed E-state index contributed by atoms with van der Waals surface area (Å²) in [5, 5.41) is 4.94. The SMILES string of the molecule is Cc1cc2c(=O)oc3ccccc3c2cc1-c1cccc(-c2ccc3c(c2)c2ccccc2n3-c2ccccc2)c1. The number of nitrogens with zero attached hydrogens (tertiary/aromatic N) is 1. The Kier molecular flexibility index (Phi) is 5.19. The summed E-state index contributed by atoms with van der Waals surface area (Å²) in [6.07, 6.45) is 0. The molecular weight excluding hydrogens is 502 g/mol. The molecule has 0 spiro atoms. The van der Waals surface area contributed by atoms with Crippen LogP contribution in [0.1, 0.15) is 5.56 Å². The second-order valence-electron chi connectivity index (χ2n) is 10.6. The van der Waals surface area contributed by atoms with Crippen molar-refractivity contribution in [3.8, 4) is 27.9 Å². The molecule has 3 nitrogen and oxygen atoms in total. The van der Waals surface area contributed by atoms with E-state index in [1.807, 2.05) is 30.3 Å². The smallest absolute Gasteiger partial charge is 0.344 e. The fourth-order valence-corrected chi connectivity index (χ4v) is 6.22. The van der Waals surface area contributed by atoms with Crippen LogP contribution < -0.4 is 5.63 Å².